The van der Waals surface area contributed by atoms with Crippen LogP contribution in [0.5, 0.6) is 5.75 Å². The summed E-state index contributed by atoms with van der Waals surface area (Å²) in [5.41, 5.74) is 3.96. The van der Waals surface area contributed by atoms with Gasteiger partial charge < -0.3 is 10.1 Å². The van der Waals surface area contributed by atoms with Crippen LogP contribution in [0.3, 0.4) is 0 Å². The van der Waals surface area contributed by atoms with Gasteiger partial charge in [0.1, 0.15) is 11.6 Å². The fraction of sp³-hybridized carbons (Fsp3) is 0.200. The molecule has 0 spiro atoms. The average Bonchev–Trinajstić information content (AvgIpc) is 2.91. The molecule has 0 fully saturated rings. The number of hydrogen-bond donors (Lipinski definition) is 1. The number of aryl methyl sites for hydroxylation is 1. The summed E-state index contributed by atoms with van der Waals surface area (Å²) in [4.78, 5) is 12.4. The molecular weight excluding hydrogens is 333 g/mol. The molecular formula is C20H20FN3O2. The van der Waals surface area contributed by atoms with Crippen LogP contribution < -0.4 is 10.1 Å². The van der Waals surface area contributed by atoms with E-state index in [1.54, 1.807) is 48.2 Å². The smallest absolute Gasteiger partial charge is 0.228 e. The second kappa shape index (κ2) is 7.39. The maximum atomic E-state index is 13.1. The third-order valence-electron chi connectivity index (χ3n) is 4.22. The molecule has 1 N–H and O–H groups in total. The fourth-order valence-electron chi connectivity index (χ4n) is 2.80. The third kappa shape index (κ3) is 3.74. The Labute approximate surface area is 151 Å². The number of anilines is 1. The van der Waals surface area contributed by atoms with Crippen LogP contribution in [0.25, 0.3) is 5.69 Å². The van der Waals surface area contributed by atoms with Gasteiger partial charge in [-0.2, -0.15) is 5.10 Å². The SMILES string of the molecule is COc1ccc(NC(=O)Cc2c(C)nn(-c3ccc(F)cc3)c2C)cc1. The zero-order valence-corrected chi connectivity index (χ0v) is 14.9. The highest BCUT2D eigenvalue weighted by molar-refractivity contribution is 5.92. The van der Waals surface area contributed by atoms with Gasteiger partial charge in [0.05, 0.1) is 24.9 Å². The number of halogens is 1. The molecule has 6 heteroatoms. The monoisotopic (exact) mass is 353 g/mol. The molecule has 0 unspecified atom stereocenters. The van der Waals surface area contributed by atoms with Crippen LogP contribution in [-0.2, 0) is 11.2 Å². The van der Waals surface area contributed by atoms with Crippen molar-refractivity contribution in [2.75, 3.05) is 12.4 Å². The molecule has 5 nitrogen and oxygen atoms in total. The molecule has 0 aliphatic rings. The third-order valence-corrected chi connectivity index (χ3v) is 4.22. The maximum Gasteiger partial charge on any atom is 0.228 e. The van der Waals surface area contributed by atoms with Crippen molar-refractivity contribution in [1.82, 2.24) is 9.78 Å². The van der Waals surface area contributed by atoms with Crippen molar-refractivity contribution in [3.63, 3.8) is 0 Å². The van der Waals surface area contributed by atoms with Gasteiger partial charge in [-0.3, -0.25) is 4.79 Å². The first-order chi connectivity index (χ1) is 12.5. The Bertz CT molecular complexity index is 915. The Kier molecular flexibility index (Phi) is 5.02. The lowest BCUT2D eigenvalue weighted by atomic mass is 10.1. The van der Waals surface area contributed by atoms with Gasteiger partial charge in [-0.05, 0) is 62.4 Å². The summed E-state index contributed by atoms with van der Waals surface area (Å²) in [6, 6.07) is 13.3. The molecule has 134 valence electrons. The molecule has 0 saturated heterocycles. The Morgan fingerprint density at radius 1 is 1.12 bits per heavy atom. The molecule has 0 bridgehead atoms. The largest absolute Gasteiger partial charge is 0.497 e. The van der Waals surface area contributed by atoms with E-state index in [0.717, 1.165) is 28.4 Å². The minimum atomic E-state index is -0.297. The van der Waals surface area contributed by atoms with Crippen LogP contribution in [0.15, 0.2) is 48.5 Å². The van der Waals surface area contributed by atoms with Crippen molar-refractivity contribution in [3.05, 3.63) is 71.3 Å². The topological polar surface area (TPSA) is 56.1 Å². The van der Waals surface area contributed by atoms with Crippen LogP contribution in [0.2, 0.25) is 0 Å². The molecule has 0 saturated carbocycles. The van der Waals surface area contributed by atoms with E-state index in [-0.39, 0.29) is 18.1 Å². The van der Waals surface area contributed by atoms with Gasteiger partial charge in [-0.15, -0.1) is 0 Å². The number of rotatable bonds is 5. The van der Waals surface area contributed by atoms with Crippen molar-refractivity contribution in [2.24, 2.45) is 0 Å². The molecule has 3 rings (SSSR count). The number of aromatic nitrogens is 2. The highest BCUT2D eigenvalue weighted by atomic mass is 19.1. The molecule has 2 aromatic carbocycles. The molecule has 1 amide bonds. The standard InChI is InChI=1S/C20H20FN3O2/c1-13-19(12-20(25)22-16-6-10-18(26-3)11-7-16)14(2)24(23-13)17-8-4-15(21)5-9-17/h4-11H,12H2,1-3H3,(H,22,25). The molecule has 0 radical (unpaired) electrons. The molecule has 1 aromatic heterocycles. The van der Waals surface area contributed by atoms with Crippen molar-refractivity contribution >= 4 is 11.6 Å². The summed E-state index contributed by atoms with van der Waals surface area (Å²) in [7, 11) is 1.60. The summed E-state index contributed by atoms with van der Waals surface area (Å²) in [5, 5.41) is 7.36. The van der Waals surface area contributed by atoms with Gasteiger partial charge in [-0.25, -0.2) is 9.07 Å². The number of nitrogens with one attached hydrogen (secondary N) is 1. The van der Waals surface area contributed by atoms with E-state index in [9.17, 15) is 9.18 Å². The number of nitrogens with zero attached hydrogens (tertiary/aromatic N) is 2. The Morgan fingerprint density at radius 3 is 2.38 bits per heavy atom. The number of ether oxygens (including phenoxy) is 1. The van der Waals surface area contributed by atoms with E-state index < -0.39 is 0 Å². The molecule has 0 aliphatic carbocycles. The number of amides is 1. The lowest BCUT2D eigenvalue weighted by Crippen LogP contribution is -2.15. The first-order valence-electron chi connectivity index (χ1n) is 8.23. The molecule has 0 atom stereocenters. The average molecular weight is 353 g/mol. The second-order valence-electron chi connectivity index (χ2n) is 5.99. The number of methoxy groups -OCH3 is 1. The molecule has 26 heavy (non-hydrogen) atoms. The van der Waals surface area contributed by atoms with Gasteiger partial charge in [0, 0.05) is 16.9 Å². The Morgan fingerprint density at radius 2 is 1.77 bits per heavy atom. The zero-order valence-electron chi connectivity index (χ0n) is 14.9. The predicted molar refractivity (Wildman–Crippen MR) is 98.3 cm³/mol. The van der Waals surface area contributed by atoms with Crippen LogP contribution in [-0.4, -0.2) is 22.8 Å². The minimum absolute atomic E-state index is 0.125. The van der Waals surface area contributed by atoms with Gasteiger partial charge in [-0.1, -0.05) is 0 Å². The van der Waals surface area contributed by atoms with Crippen molar-refractivity contribution in [3.8, 4) is 11.4 Å². The molecule has 3 aromatic rings. The van der Waals surface area contributed by atoms with Crippen LogP contribution >= 0.6 is 0 Å². The zero-order chi connectivity index (χ0) is 18.7. The lowest BCUT2D eigenvalue weighted by molar-refractivity contribution is -0.115. The van der Waals surface area contributed by atoms with Gasteiger partial charge in [0.25, 0.3) is 0 Å². The van der Waals surface area contributed by atoms with E-state index in [0.29, 0.717) is 5.69 Å². The number of carbonyl (C=O) groups excluding carboxylic acids is 1. The molecule has 0 aliphatic heterocycles. The first kappa shape index (κ1) is 17.7. The normalized spacial score (nSPS) is 10.6. The summed E-state index contributed by atoms with van der Waals surface area (Å²) in [5.74, 6) is 0.310. The van der Waals surface area contributed by atoms with Gasteiger partial charge in [0.2, 0.25) is 5.91 Å². The number of hydrogen-bond acceptors (Lipinski definition) is 3. The van der Waals surface area contributed by atoms with Crippen molar-refractivity contribution in [1.29, 1.82) is 0 Å². The highest BCUT2D eigenvalue weighted by Gasteiger charge is 2.16. The lowest BCUT2D eigenvalue weighted by Gasteiger charge is -2.07. The summed E-state index contributed by atoms with van der Waals surface area (Å²) < 4.78 is 20.0. The van der Waals surface area contributed by atoms with Crippen LogP contribution in [0.1, 0.15) is 17.0 Å². The van der Waals surface area contributed by atoms with Crippen molar-refractivity contribution < 1.29 is 13.9 Å². The quantitative estimate of drug-likeness (QED) is 0.759. The summed E-state index contributed by atoms with van der Waals surface area (Å²) in [6.07, 6.45) is 0.213. The number of benzene rings is 2. The Balaban J connectivity index is 1.76. The van der Waals surface area contributed by atoms with Crippen molar-refractivity contribution in [2.45, 2.75) is 20.3 Å². The van der Waals surface area contributed by atoms with Crippen LogP contribution in [0.4, 0.5) is 10.1 Å². The highest BCUT2D eigenvalue weighted by Crippen LogP contribution is 2.20. The van der Waals surface area contributed by atoms with E-state index in [4.69, 9.17) is 4.74 Å². The maximum absolute atomic E-state index is 13.1. The summed E-state index contributed by atoms with van der Waals surface area (Å²) >= 11 is 0. The first-order valence-corrected chi connectivity index (χ1v) is 8.23. The van der Waals surface area contributed by atoms with E-state index in [2.05, 4.69) is 10.4 Å². The van der Waals surface area contributed by atoms with Gasteiger partial charge >= 0.3 is 0 Å². The van der Waals surface area contributed by atoms with Crippen LogP contribution in [0, 0.1) is 19.7 Å². The fourth-order valence-corrected chi connectivity index (χ4v) is 2.80. The summed E-state index contributed by atoms with van der Waals surface area (Å²) in [6.45, 7) is 3.77. The van der Waals surface area contributed by atoms with E-state index in [1.807, 2.05) is 13.8 Å². The van der Waals surface area contributed by atoms with E-state index in [1.165, 1.54) is 12.1 Å². The second-order valence-corrected chi connectivity index (χ2v) is 5.99. The minimum Gasteiger partial charge on any atom is -0.497 e. The number of carbonyl (C=O) groups is 1. The molecule has 1 heterocycles. The Hall–Kier alpha value is -3.15. The predicted octanol–water partition coefficient (Wildman–Crippen LogP) is 3.82. The van der Waals surface area contributed by atoms with Gasteiger partial charge in [0.15, 0.2) is 0 Å². The van der Waals surface area contributed by atoms with E-state index >= 15 is 0 Å².